The first kappa shape index (κ1) is 17.2. The lowest BCUT2D eigenvalue weighted by molar-refractivity contribution is -0.136. The zero-order valence-electron chi connectivity index (χ0n) is 15.2. The molecule has 1 amide bonds. The molecule has 7 heteroatoms. The Bertz CT molecular complexity index is 719. The van der Waals surface area contributed by atoms with Gasteiger partial charge in [0.2, 0.25) is 5.91 Å². The Morgan fingerprint density at radius 2 is 2.00 bits per heavy atom. The number of likely N-dealkylation sites (tertiary alicyclic amines) is 1. The number of carbonyl (C=O) groups excluding carboxylic acids is 1. The van der Waals surface area contributed by atoms with Crippen LogP contribution < -0.4 is 4.90 Å². The smallest absolute Gasteiger partial charge is 0.243 e. The Balaban J connectivity index is 1.39. The molecule has 7 nitrogen and oxygen atoms in total. The van der Waals surface area contributed by atoms with E-state index in [1.54, 1.807) is 0 Å². The Morgan fingerprint density at radius 1 is 1.31 bits per heavy atom. The van der Waals surface area contributed by atoms with Crippen LogP contribution in [0.4, 0.5) is 5.82 Å². The van der Waals surface area contributed by atoms with Gasteiger partial charge in [-0.15, -0.1) is 0 Å². The quantitative estimate of drug-likeness (QED) is 0.818. The van der Waals surface area contributed by atoms with E-state index in [0.29, 0.717) is 19.5 Å². The van der Waals surface area contributed by atoms with E-state index in [0.717, 1.165) is 50.8 Å². The number of piperidine rings is 1. The van der Waals surface area contributed by atoms with Crippen LogP contribution in [0.2, 0.25) is 0 Å². The van der Waals surface area contributed by atoms with Gasteiger partial charge in [-0.25, -0.2) is 9.97 Å². The summed E-state index contributed by atoms with van der Waals surface area (Å²) < 4.78 is 5.41. The number of aromatic nitrogens is 2. The van der Waals surface area contributed by atoms with Crippen LogP contribution in [0.5, 0.6) is 0 Å². The molecule has 0 radical (unpaired) electrons. The van der Waals surface area contributed by atoms with E-state index < -0.39 is 5.41 Å². The minimum atomic E-state index is -0.750. The maximum atomic E-state index is 12.7. The molecular formula is C19H25N5O2. The Hall–Kier alpha value is -2.20. The van der Waals surface area contributed by atoms with Gasteiger partial charge in [-0.2, -0.15) is 5.26 Å². The molecule has 0 N–H and O–H groups in total. The first-order chi connectivity index (χ1) is 12.6. The van der Waals surface area contributed by atoms with Gasteiger partial charge < -0.3 is 14.5 Å². The highest BCUT2D eigenvalue weighted by Crippen LogP contribution is 2.53. The minimum Gasteiger partial charge on any atom is -0.378 e. The van der Waals surface area contributed by atoms with E-state index in [-0.39, 0.29) is 17.7 Å². The number of amides is 1. The summed E-state index contributed by atoms with van der Waals surface area (Å²) in [6.45, 7) is 6.54. The third kappa shape index (κ3) is 3.03. The van der Waals surface area contributed by atoms with Crippen molar-refractivity contribution in [2.24, 2.45) is 11.3 Å². The summed E-state index contributed by atoms with van der Waals surface area (Å²) in [7, 11) is 0. The molecule has 1 aromatic rings. The van der Waals surface area contributed by atoms with E-state index in [4.69, 9.17) is 9.72 Å². The average molecular weight is 355 g/mol. The predicted octanol–water partition coefficient (Wildman–Crippen LogP) is 1.57. The molecule has 1 aliphatic carbocycles. The summed E-state index contributed by atoms with van der Waals surface area (Å²) in [5, 5.41) is 9.38. The molecule has 26 heavy (non-hydrogen) atoms. The maximum absolute atomic E-state index is 12.7. The Kier molecular flexibility index (Phi) is 4.53. The van der Waals surface area contributed by atoms with E-state index in [9.17, 15) is 10.1 Å². The van der Waals surface area contributed by atoms with Crippen molar-refractivity contribution in [2.45, 2.75) is 32.1 Å². The van der Waals surface area contributed by atoms with E-state index in [1.165, 1.54) is 0 Å². The second kappa shape index (κ2) is 6.84. The van der Waals surface area contributed by atoms with Crippen molar-refractivity contribution in [1.82, 2.24) is 14.9 Å². The van der Waals surface area contributed by atoms with Gasteiger partial charge in [0.15, 0.2) is 0 Å². The number of nitrogens with zero attached hydrogens (tertiary/aromatic N) is 5. The molecule has 0 spiro atoms. The van der Waals surface area contributed by atoms with Crippen LogP contribution in [0.25, 0.3) is 0 Å². The first-order valence-electron chi connectivity index (χ1n) is 9.50. The topological polar surface area (TPSA) is 82.4 Å². The normalized spacial score (nSPS) is 29.3. The fourth-order valence-electron chi connectivity index (χ4n) is 4.08. The van der Waals surface area contributed by atoms with Crippen molar-refractivity contribution in [2.75, 3.05) is 44.3 Å². The molecule has 2 saturated heterocycles. The SMILES string of the molecule is CC1CC1(C#N)C(=O)N1CCC(c2nccc(N3CCOCC3)n2)CC1. The highest BCUT2D eigenvalue weighted by molar-refractivity contribution is 5.89. The van der Waals surface area contributed by atoms with Gasteiger partial charge in [-0.05, 0) is 31.2 Å². The molecular weight excluding hydrogens is 330 g/mol. The summed E-state index contributed by atoms with van der Waals surface area (Å²) in [4.78, 5) is 26.1. The number of morpholine rings is 1. The van der Waals surface area contributed by atoms with Gasteiger partial charge in [0.25, 0.3) is 0 Å². The lowest BCUT2D eigenvalue weighted by Crippen LogP contribution is -2.42. The lowest BCUT2D eigenvalue weighted by atomic mass is 9.94. The molecule has 2 aliphatic heterocycles. The van der Waals surface area contributed by atoms with E-state index in [1.807, 2.05) is 24.1 Å². The van der Waals surface area contributed by atoms with Gasteiger partial charge in [-0.1, -0.05) is 6.92 Å². The second-order valence-electron chi connectivity index (χ2n) is 7.63. The number of nitriles is 1. The van der Waals surface area contributed by atoms with Crippen molar-refractivity contribution >= 4 is 11.7 Å². The molecule has 3 fully saturated rings. The van der Waals surface area contributed by atoms with Gasteiger partial charge in [0, 0.05) is 38.3 Å². The predicted molar refractivity (Wildman–Crippen MR) is 95.4 cm³/mol. The molecule has 0 bridgehead atoms. The standard InChI is InChI=1S/C19H25N5O2/c1-14-12-19(14,13-20)18(25)24-6-3-15(4-7-24)17-21-5-2-16(22-17)23-8-10-26-11-9-23/h2,5,14-15H,3-4,6-12H2,1H3. The Labute approximate surface area is 154 Å². The molecule has 1 aromatic heterocycles. The molecule has 2 unspecified atom stereocenters. The third-order valence-electron chi connectivity index (χ3n) is 6.03. The number of hydrogen-bond acceptors (Lipinski definition) is 6. The van der Waals surface area contributed by atoms with E-state index in [2.05, 4.69) is 16.0 Å². The number of carbonyl (C=O) groups is 1. The zero-order chi connectivity index (χ0) is 18.1. The summed E-state index contributed by atoms with van der Waals surface area (Å²) in [6.07, 6.45) is 4.25. The van der Waals surface area contributed by atoms with Gasteiger partial charge in [-0.3, -0.25) is 4.79 Å². The third-order valence-corrected chi connectivity index (χ3v) is 6.03. The summed E-state index contributed by atoms with van der Waals surface area (Å²) in [5.41, 5.74) is -0.750. The molecule has 3 aliphatic rings. The molecule has 1 saturated carbocycles. The first-order valence-corrected chi connectivity index (χ1v) is 9.50. The maximum Gasteiger partial charge on any atom is 0.243 e. The van der Waals surface area contributed by atoms with Crippen LogP contribution in [0.15, 0.2) is 12.3 Å². The van der Waals surface area contributed by atoms with E-state index >= 15 is 0 Å². The van der Waals surface area contributed by atoms with Crippen LogP contribution in [0.1, 0.15) is 37.9 Å². The Morgan fingerprint density at radius 3 is 2.62 bits per heavy atom. The highest BCUT2D eigenvalue weighted by Gasteiger charge is 2.59. The fraction of sp³-hybridized carbons (Fsp3) is 0.684. The number of ether oxygens (including phenoxy) is 1. The van der Waals surface area contributed by atoms with Crippen molar-refractivity contribution in [3.63, 3.8) is 0 Å². The molecule has 4 rings (SSSR count). The minimum absolute atomic E-state index is 0.0222. The zero-order valence-corrected chi connectivity index (χ0v) is 15.2. The summed E-state index contributed by atoms with van der Waals surface area (Å²) in [6, 6.07) is 4.21. The monoisotopic (exact) mass is 355 g/mol. The summed E-state index contributed by atoms with van der Waals surface area (Å²) >= 11 is 0. The largest absolute Gasteiger partial charge is 0.378 e. The van der Waals surface area contributed by atoms with Crippen LogP contribution in [-0.4, -0.2) is 60.2 Å². The number of anilines is 1. The second-order valence-corrected chi connectivity index (χ2v) is 7.63. The number of hydrogen-bond donors (Lipinski definition) is 0. The molecule has 2 atom stereocenters. The van der Waals surface area contributed by atoms with Crippen molar-refractivity contribution in [3.05, 3.63) is 18.1 Å². The lowest BCUT2D eigenvalue weighted by Gasteiger charge is -2.33. The fourth-order valence-corrected chi connectivity index (χ4v) is 4.08. The van der Waals surface area contributed by atoms with Crippen LogP contribution in [0.3, 0.4) is 0 Å². The van der Waals surface area contributed by atoms with Crippen LogP contribution in [0, 0.1) is 22.7 Å². The van der Waals surface area contributed by atoms with Crippen LogP contribution in [-0.2, 0) is 9.53 Å². The van der Waals surface area contributed by atoms with Gasteiger partial charge >= 0.3 is 0 Å². The van der Waals surface area contributed by atoms with Gasteiger partial charge in [0.1, 0.15) is 17.1 Å². The molecule has 138 valence electrons. The van der Waals surface area contributed by atoms with Gasteiger partial charge in [0.05, 0.1) is 19.3 Å². The molecule has 3 heterocycles. The van der Waals surface area contributed by atoms with Crippen molar-refractivity contribution < 1.29 is 9.53 Å². The average Bonchev–Trinajstić information content (AvgIpc) is 3.39. The molecule has 0 aromatic carbocycles. The van der Waals surface area contributed by atoms with Crippen molar-refractivity contribution in [3.8, 4) is 6.07 Å². The summed E-state index contributed by atoms with van der Waals surface area (Å²) in [5.74, 6) is 2.32. The number of rotatable bonds is 3. The van der Waals surface area contributed by atoms with Crippen LogP contribution >= 0.6 is 0 Å². The highest BCUT2D eigenvalue weighted by atomic mass is 16.5. The van der Waals surface area contributed by atoms with Crippen molar-refractivity contribution in [1.29, 1.82) is 5.26 Å².